The Labute approximate surface area is 212 Å². The maximum absolute atomic E-state index is 13.2. The molecule has 1 aliphatic heterocycles. The maximum atomic E-state index is 13.2. The fraction of sp³-hybridized carbons (Fsp3) is 0.280. The van der Waals surface area contributed by atoms with E-state index in [4.69, 9.17) is 16.0 Å². The predicted octanol–water partition coefficient (Wildman–Crippen LogP) is 4.19. The number of nitrogens with one attached hydrogen (secondary N) is 3. The van der Waals surface area contributed by atoms with Gasteiger partial charge in [-0.15, -0.1) is 0 Å². The Kier molecular flexibility index (Phi) is 8.29. The Morgan fingerprint density at radius 2 is 1.61 bits per heavy atom. The van der Waals surface area contributed by atoms with Crippen LogP contribution < -0.4 is 16.0 Å². The molecule has 1 aliphatic rings. The Bertz CT molecular complexity index is 1240. The van der Waals surface area contributed by atoms with Crippen molar-refractivity contribution in [3.63, 3.8) is 0 Å². The van der Waals surface area contributed by atoms with Gasteiger partial charge in [0.05, 0.1) is 10.6 Å². The molecule has 0 radical (unpaired) electrons. The highest BCUT2D eigenvalue weighted by molar-refractivity contribution is 6.34. The minimum absolute atomic E-state index is 0.00484. The van der Waals surface area contributed by atoms with E-state index < -0.39 is 23.5 Å². The van der Waals surface area contributed by atoms with Crippen molar-refractivity contribution in [1.29, 1.82) is 0 Å². The number of hydrogen-bond donors (Lipinski definition) is 3. The Hall–Kier alpha value is -3.76. The van der Waals surface area contributed by atoms with Crippen LogP contribution in [0.1, 0.15) is 50.7 Å². The summed E-state index contributed by atoms with van der Waals surface area (Å²) in [5.41, 5.74) is 0.881. The number of rotatable bonds is 8. The minimum atomic E-state index is -0.636. The molecular weight excluding hydrogens is 489 g/mol. The van der Waals surface area contributed by atoms with E-state index in [2.05, 4.69) is 25.8 Å². The molecule has 0 atom stereocenters. The van der Waals surface area contributed by atoms with E-state index in [1.807, 2.05) is 0 Å². The highest BCUT2D eigenvalue weighted by Gasteiger charge is 2.23. The number of halogens is 2. The minimum Gasteiger partial charge on any atom is -0.437 e. The largest absolute Gasteiger partial charge is 0.437 e. The summed E-state index contributed by atoms with van der Waals surface area (Å²) < 4.78 is 18.4. The molecule has 36 heavy (non-hydrogen) atoms. The fourth-order valence-corrected chi connectivity index (χ4v) is 4.11. The van der Waals surface area contributed by atoms with Gasteiger partial charge < -0.3 is 25.3 Å². The molecule has 188 valence electrons. The Balaban J connectivity index is 1.31. The molecule has 0 unspecified atom stereocenters. The molecule has 2 aromatic carbocycles. The smallest absolute Gasteiger partial charge is 0.293 e. The standard InChI is InChI=1S/C25H25ClFN5O4/c26-20-14-16(27)4-9-19(20)23(33)30-17-5-7-18(8-6-17)31-25(35)22-21(29-15-36-22)24(34)28-10-13-32-11-2-1-3-12-32/h4-9,14-15H,1-3,10-13H2,(H,28,34)(H,30,33)(H,31,35). The zero-order valence-electron chi connectivity index (χ0n) is 19.4. The van der Waals surface area contributed by atoms with E-state index in [1.54, 1.807) is 24.3 Å². The van der Waals surface area contributed by atoms with Gasteiger partial charge in [-0.05, 0) is 68.4 Å². The molecule has 0 saturated carbocycles. The van der Waals surface area contributed by atoms with Crippen LogP contribution in [0.15, 0.2) is 53.3 Å². The summed E-state index contributed by atoms with van der Waals surface area (Å²) in [6.07, 6.45) is 4.62. The quantitative estimate of drug-likeness (QED) is 0.416. The molecule has 1 saturated heterocycles. The van der Waals surface area contributed by atoms with Crippen molar-refractivity contribution in [2.45, 2.75) is 19.3 Å². The molecule has 0 spiro atoms. The number of aromatic nitrogens is 1. The lowest BCUT2D eigenvalue weighted by atomic mass is 10.1. The van der Waals surface area contributed by atoms with Crippen LogP contribution in [0.2, 0.25) is 5.02 Å². The van der Waals surface area contributed by atoms with Gasteiger partial charge in [0.1, 0.15) is 5.82 Å². The van der Waals surface area contributed by atoms with Crippen LogP contribution in [0.3, 0.4) is 0 Å². The molecule has 9 nitrogen and oxygen atoms in total. The molecule has 3 amide bonds. The molecule has 1 aromatic heterocycles. The molecule has 3 N–H and O–H groups in total. The molecule has 1 fully saturated rings. The molecule has 2 heterocycles. The van der Waals surface area contributed by atoms with Gasteiger partial charge in [-0.1, -0.05) is 18.0 Å². The highest BCUT2D eigenvalue weighted by atomic mass is 35.5. The van der Waals surface area contributed by atoms with Crippen LogP contribution in [-0.2, 0) is 0 Å². The van der Waals surface area contributed by atoms with Gasteiger partial charge in [-0.2, -0.15) is 0 Å². The first-order valence-electron chi connectivity index (χ1n) is 11.5. The van der Waals surface area contributed by atoms with Gasteiger partial charge in [-0.25, -0.2) is 9.37 Å². The Morgan fingerprint density at radius 1 is 0.944 bits per heavy atom. The summed E-state index contributed by atoms with van der Waals surface area (Å²) >= 11 is 5.93. The second kappa shape index (κ2) is 11.8. The van der Waals surface area contributed by atoms with E-state index >= 15 is 0 Å². The van der Waals surface area contributed by atoms with Gasteiger partial charge >= 0.3 is 0 Å². The molecular formula is C25H25ClFN5O4. The first-order valence-corrected chi connectivity index (χ1v) is 11.9. The van der Waals surface area contributed by atoms with Gasteiger partial charge in [0.15, 0.2) is 12.1 Å². The number of carbonyl (C=O) groups excluding carboxylic acids is 3. The summed E-state index contributed by atoms with van der Waals surface area (Å²) in [5.74, 6) is -2.36. The number of hydrogen-bond acceptors (Lipinski definition) is 6. The van der Waals surface area contributed by atoms with E-state index in [0.29, 0.717) is 17.9 Å². The summed E-state index contributed by atoms with van der Waals surface area (Å²) in [5, 5.41) is 8.07. The van der Waals surface area contributed by atoms with Crippen molar-refractivity contribution in [2.24, 2.45) is 0 Å². The summed E-state index contributed by atoms with van der Waals surface area (Å²) in [6, 6.07) is 9.76. The first kappa shape index (κ1) is 25.3. The third-order valence-corrected chi connectivity index (χ3v) is 6.04. The van der Waals surface area contributed by atoms with Gasteiger partial charge in [-0.3, -0.25) is 14.4 Å². The number of anilines is 2. The second-order valence-electron chi connectivity index (χ2n) is 8.30. The summed E-state index contributed by atoms with van der Waals surface area (Å²) in [6.45, 7) is 3.23. The topological polar surface area (TPSA) is 117 Å². The summed E-state index contributed by atoms with van der Waals surface area (Å²) in [4.78, 5) is 43.8. The van der Waals surface area contributed by atoms with E-state index in [-0.39, 0.29) is 22.0 Å². The van der Waals surface area contributed by atoms with Crippen molar-refractivity contribution in [2.75, 3.05) is 36.8 Å². The normalized spacial score (nSPS) is 13.7. The van der Waals surface area contributed by atoms with Crippen molar-refractivity contribution < 1.29 is 23.2 Å². The zero-order valence-corrected chi connectivity index (χ0v) is 20.1. The average Bonchev–Trinajstić information content (AvgIpc) is 3.36. The van der Waals surface area contributed by atoms with Crippen LogP contribution >= 0.6 is 11.6 Å². The lowest BCUT2D eigenvalue weighted by molar-refractivity contribution is 0.0922. The monoisotopic (exact) mass is 513 g/mol. The SMILES string of the molecule is O=C(Nc1ccc(NC(=O)c2ocnc2C(=O)NCCN2CCCCC2)cc1)c1ccc(F)cc1Cl. The summed E-state index contributed by atoms with van der Waals surface area (Å²) in [7, 11) is 0. The maximum Gasteiger partial charge on any atom is 0.293 e. The van der Waals surface area contributed by atoms with Crippen LogP contribution in [0.4, 0.5) is 15.8 Å². The van der Waals surface area contributed by atoms with Gasteiger partial charge in [0, 0.05) is 24.5 Å². The lowest BCUT2D eigenvalue weighted by Crippen LogP contribution is -2.38. The van der Waals surface area contributed by atoms with Crippen LogP contribution in [0, 0.1) is 5.82 Å². The van der Waals surface area contributed by atoms with Crippen molar-refractivity contribution in [3.8, 4) is 0 Å². The van der Waals surface area contributed by atoms with Crippen LogP contribution in [0.25, 0.3) is 0 Å². The average molecular weight is 514 g/mol. The number of oxazole rings is 1. The zero-order chi connectivity index (χ0) is 25.5. The molecule has 0 bridgehead atoms. The molecule has 11 heteroatoms. The van der Waals surface area contributed by atoms with Crippen LogP contribution in [-0.4, -0.2) is 53.8 Å². The number of likely N-dealkylation sites (tertiary alicyclic amines) is 1. The second-order valence-corrected chi connectivity index (χ2v) is 8.71. The molecule has 0 aliphatic carbocycles. The number of nitrogens with zero attached hydrogens (tertiary/aromatic N) is 2. The van der Waals surface area contributed by atoms with Crippen molar-refractivity contribution in [3.05, 3.63) is 76.7 Å². The lowest BCUT2D eigenvalue weighted by Gasteiger charge is -2.26. The van der Waals surface area contributed by atoms with E-state index in [9.17, 15) is 18.8 Å². The van der Waals surface area contributed by atoms with Crippen molar-refractivity contribution in [1.82, 2.24) is 15.2 Å². The number of carbonyl (C=O) groups is 3. The molecule has 4 rings (SSSR count). The van der Waals surface area contributed by atoms with E-state index in [1.165, 1.54) is 12.5 Å². The number of benzene rings is 2. The van der Waals surface area contributed by atoms with E-state index in [0.717, 1.165) is 51.0 Å². The Morgan fingerprint density at radius 3 is 2.28 bits per heavy atom. The van der Waals surface area contributed by atoms with Crippen molar-refractivity contribution >= 4 is 40.7 Å². The first-order chi connectivity index (χ1) is 17.4. The number of amides is 3. The highest BCUT2D eigenvalue weighted by Crippen LogP contribution is 2.20. The fourth-order valence-electron chi connectivity index (χ4n) is 3.86. The number of piperidine rings is 1. The third-order valence-electron chi connectivity index (χ3n) is 5.73. The van der Waals surface area contributed by atoms with Gasteiger partial charge in [0.25, 0.3) is 17.7 Å². The molecule has 3 aromatic rings. The predicted molar refractivity (Wildman–Crippen MR) is 133 cm³/mol. The van der Waals surface area contributed by atoms with Gasteiger partial charge in [0.2, 0.25) is 5.76 Å². The third kappa shape index (κ3) is 6.46. The van der Waals surface area contributed by atoms with Crippen LogP contribution in [0.5, 0.6) is 0 Å².